The average Bonchev–Trinajstić information content (AvgIpc) is 2.91. The number of unbranched alkanes of at least 4 members (excludes halogenated alkanes) is 2. The molecule has 0 heterocycles. The van der Waals surface area contributed by atoms with Gasteiger partial charge in [0.2, 0.25) is 0 Å². The van der Waals surface area contributed by atoms with E-state index in [9.17, 15) is 4.79 Å². The molecule has 3 heteroatoms. The minimum atomic E-state index is -3.71. The topological polar surface area (TPSA) is 26.3 Å². The van der Waals surface area contributed by atoms with Crippen molar-refractivity contribution in [1.82, 2.24) is 0 Å². The van der Waals surface area contributed by atoms with Gasteiger partial charge in [0.1, 0.15) is 0 Å². The van der Waals surface area contributed by atoms with Gasteiger partial charge in [-0.05, 0) is 0 Å². The van der Waals surface area contributed by atoms with Gasteiger partial charge in [0, 0.05) is 0 Å². The van der Waals surface area contributed by atoms with E-state index < -0.39 is 6.83 Å². The van der Waals surface area contributed by atoms with Crippen molar-refractivity contribution in [2.45, 2.75) is 38.8 Å². The van der Waals surface area contributed by atoms with E-state index in [1.54, 1.807) is 0 Å². The van der Waals surface area contributed by atoms with Gasteiger partial charge in [-0.2, -0.15) is 0 Å². The van der Waals surface area contributed by atoms with E-state index in [0.717, 1.165) is 40.7 Å². The van der Waals surface area contributed by atoms with Gasteiger partial charge in [-0.1, -0.05) is 0 Å². The first-order chi connectivity index (χ1) is 16.7. The number of carbonyl (C=O) groups is 1. The molecule has 34 heavy (non-hydrogen) atoms. The van der Waals surface area contributed by atoms with Gasteiger partial charge in [0.15, 0.2) is 0 Å². The number of hydrogen-bond acceptors (Lipinski definition) is 2. The second-order valence-electron chi connectivity index (χ2n) is 8.78. The van der Waals surface area contributed by atoms with Crippen molar-refractivity contribution in [3.8, 4) is 0 Å². The summed E-state index contributed by atoms with van der Waals surface area (Å²) in [6, 6.07) is 41.7. The van der Waals surface area contributed by atoms with Crippen LogP contribution in [0.3, 0.4) is 0 Å². The van der Waals surface area contributed by atoms with Crippen LogP contribution < -0.4 is 15.9 Å². The maximum atomic E-state index is 13.7. The Morgan fingerprint density at radius 1 is 0.618 bits per heavy atom. The standard InChI is InChI=1S/C31H33O2P/c1-2-3-8-25-31(32)33-34(28-19-11-5-12-20-28,29-21-13-6-14-22-29,30-23-15-7-16-24-30)26-27-17-9-4-10-18-27/h4-7,9-24H,2-3,8,25-26H2,1H3. The Balaban J connectivity index is 2.07. The molecule has 0 fully saturated rings. The van der Waals surface area contributed by atoms with Crippen LogP contribution in [0.4, 0.5) is 0 Å². The Morgan fingerprint density at radius 3 is 1.44 bits per heavy atom. The summed E-state index contributed by atoms with van der Waals surface area (Å²) in [5, 5.41) is 3.20. The summed E-state index contributed by atoms with van der Waals surface area (Å²) >= 11 is 0. The number of rotatable bonds is 10. The Morgan fingerprint density at radius 2 is 1.03 bits per heavy atom. The zero-order valence-corrected chi connectivity index (χ0v) is 20.7. The van der Waals surface area contributed by atoms with Crippen LogP contribution in [0.15, 0.2) is 121 Å². The Hall–Kier alpha value is -3.22. The maximum absolute atomic E-state index is 13.7. The van der Waals surface area contributed by atoms with E-state index in [-0.39, 0.29) is 5.97 Å². The van der Waals surface area contributed by atoms with Gasteiger partial charge in [0.05, 0.1) is 0 Å². The molecule has 0 radical (unpaired) electrons. The van der Waals surface area contributed by atoms with Crippen LogP contribution in [0, 0.1) is 0 Å². The predicted molar refractivity (Wildman–Crippen MR) is 146 cm³/mol. The van der Waals surface area contributed by atoms with Gasteiger partial charge in [-0.15, -0.1) is 0 Å². The third-order valence-electron chi connectivity index (χ3n) is 6.52. The molecule has 4 rings (SSSR count). The summed E-state index contributed by atoms with van der Waals surface area (Å²) in [6.45, 7) is -1.56. The van der Waals surface area contributed by atoms with Crippen LogP contribution in [-0.4, -0.2) is 5.97 Å². The Kier molecular flexibility index (Phi) is 7.60. The van der Waals surface area contributed by atoms with E-state index in [1.807, 2.05) is 24.3 Å². The van der Waals surface area contributed by atoms with E-state index in [0.29, 0.717) is 12.6 Å². The third-order valence-corrected chi connectivity index (χ3v) is 12.3. The van der Waals surface area contributed by atoms with Crippen molar-refractivity contribution >= 4 is 28.7 Å². The fourth-order valence-electron chi connectivity index (χ4n) is 4.86. The van der Waals surface area contributed by atoms with Gasteiger partial charge >= 0.3 is 204 Å². The molecule has 0 saturated heterocycles. The first kappa shape index (κ1) is 23.9. The number of carbonyl (C=O) groups excluding carboxylic acids is 1. The summed E-state index contributed by atoms with van der Waals surface area (Å²) in [5.74, 6) is -0.126. The predicted octanol–water partition coefficient (Wildman–Crippen LogP) is 6.75. The molecule has 0 bridgehead atoms. The van der Waals surface area contributed by atoms with Crippen LogP contribution in [-0.2, 0) is 15.5 Å². The summed E-state index contributed by atoms with van der Waals surface area (Å²) in [7, 11) is 0. The van der Waals surface area contributed by atoms with Gasteiger partial charge < -0.3 is 0 Å². The molecule has 0 spiro atoms. The molecule has 0 N–H and O–H groups in total. The number of benzene rings is 4. The first-order valence-corrected chi connectivity index (χ1v) is 14.5. The molecular weight excluding hydrogens is 435 g/mol. The molecule has 0 aliphatic heterocycles. The SMILES string of the molecule is CCCCCC(=O)OP(Cc1ccccc1)(c1ccccc1)(c1ccccc1)c1ccccc1. The van der Waals surface area contributed by atoms with Crippen molar-refractivity contribution in [2.24, 2.45) is 0 Å². The van der Waals surface area contributed by atoms with Crippen LogP contribution in [0.25, 0.3) is 0 Å². The minimum absolute atomic E-state index is 0.126. The first-order valence-electron chi connectivity index (χ1n) is 12.1. The van der Waals surface area contributed by atoms with Crippen molar-refractivity contribution in [1.29, 1.82) is 0 Å². The van der Waals surface area contributed by atoms with E-state index in [4.69, 9.17) is 4.52 Å². The summed E-state index contributed by atoms with van der Waals surface area (Å²) in [5.41, 5.74) is 1.15. The summed E-state index contributed by atoms with van der Waals surface area (Å²) in [4.78, 5) is 13.7. The van der Waals surface area contributed by atoms with Crippen molar-refractivity contribution in [3.05, 3.63) is 127 Å². The molecule has 0 aliphatic rings. The van der Waals surface area contributed by atoms with E-state index in [2.05, 4.69) is 104 Å². The van der Waals surface area contributed by atoms with Crippen molar-refractivity contribution in [3.63, 3.8) is 0 Å². The monoisotopic (exact) mass is 468 g/mol. The zero-order valence-electron chi connectivity index (χ0n) is 19.8. The molecule has 2 nitrogen and oxygen atoms in total. The molecule has 0 aliphatic carbocycles. The molecule has 0 amide bonds. The zero-order chi connectivity index (χ0) is 23.7. The molecule has 0 saturated carbocycles. The molecule has 0 atom stereocenters. The summed E-state index contributed by atoms with van der Waals surface area (Å²) < 4.78 is 7.03. The quantitative estimate of drug-likeness (QED) is 0.190. The van der Waals surface area contributed by atoms with E-state index >= 15 is 0 Å². The third kappa shape index (κ3) is 4.56. The van der Waals surface area contributed by atoms with Gasteiger partial charge in [0.25, 0.3) is 0 Å². The molecule has 4 aromatic carbocycles. The van der Waals surface area contributed by atoms with Crippen molar-refractivity contribution < 1.29 is 9.32 Å². The second-order valence-corrected chi connectivity index (χ2v) is 13.3. The normalized spacial score (nSPS) is 12.4. The molecule has 0 unspecified atom stereocenters. The fraction of sp³-hybridized carbons (Fsp3) is 0.194. The summed E-state index contributed by atoms with van der Waals surface area (Å²) in [6.07, 6.45) is 3.96. The average molecular weight is 469 g/mol. The number of hydrogen-bond donors (Lipinski definition) is 0. The van der Waals surface area contributed by atoms with Gasteiger partial charge in [-0.3, -0.25) is 0 Å². The molecular formula is C31H33O2P. The van der Waals surface area contributed by atoms with Gasteiger partial charge in [-0.25, -0.2) is 0 Å². The van der Waals surface area contributed by atoms with Crippen LogP contribution >= 0.6 is 6.83 Å². The molecule has 174 valence electrons. The van der Waals surface area contributed by atoms with E-state index in [1.165, 1.54) is 0 Å². The Bertz CT molecular complexity index is 1080. The van der Waals surface area contributed by atoms with Crippen LogP contribution in [0.1, 0.15) is 38.2 Å². The van der Waals surface area contributed by atoms with Crippen LogP contribution in [0.2, 0.25) is 0 Å². The Labute approximate surface area is 203 Å². The van der Waals surface area contributed by atoms with Crippen LogP contribution in [0.5, 0.6) is 0 Å². The molecule has 4 aromatic rings. The van der Waals surface area contributed by atoms with Crippen molar-refractivity contribution in [2.75, 3.05) is 0 Å². The second kappa shape index (κ2) is 10.8. The fourth-order valence-corrected chi connectivity index (χ4v) is 10.5. The molecule has 0 aromatic heterocycles.